The Morgan fingerprint density at radius 2 is 1.86 bits per heavy atom. The molecule has 0 aromatic heterocycles. The third-order valence-corrected chi connectivity index (χ3v) is 4.06. The van der Waals surface area contributed by atoms with Crippen LogP contribution < -0.4 is 15.2 Å². The molecule has 0 heterocycles. The van der Waals surface area contributed by atoms with Crippen molar-refractivity contribution >= 4 is 21.4 Å². The highest BCUT2D eigenvalue weighted by Gasteiger charge is 2.19. The molecule has 5 nitrogen and oxygen atoms in total. The van der Waals surface area contributed by atoms with Gasteiger partial charge in [-0.2, -0.15) is 0 Å². The van der Waals surface area contributed by atoms with Gasteiger partial charge in [-0.25, -0.2) is 12.8 Å². The fourth-order valence-corrected chi connectivity index (χ4v) is 2.89. The molecule has 0 saturated heterocycles. The van der Waals surface area contributed by atoms with Gasteiger partial charge in [0.1, 0.15) is 16.5 Å². The van der Waals surface area contributed by atoms with Crippen LogP contribution in [0.3, 0.4) is 0 Å². The van der Waals surface area contributed by atoms with E-state index < -0.39 is 20.7 Å². The molecule has 2 rings (SSSR count). The fourth-order valence-electron chi connectivity index (χ4n) is 1.72. The van der Waals surface area contributed by atoms with Crippen LogP contribution >= 0.6 is 0 Å². The Balaban J connectivity index is 2.26. The fraction of sp³-hybridized carbons (Fsp3) is 0.143. The molecule has 3 N–H and O–H groups in total. The van der Waals surface area contributed by atoms with E-state index in [4.69, 9.17) is 10.5 Å². The average molecular weight is 310 g/mol. The normalized spacial score (nSPS) is 11.1. The third kappa shape index (κ3) is 3.63. The van der Waals surface area contributed by atoms with Crippen LogP contribution in [0, 0.1) is 5.82 Å². The minimum Gasteiger partial charge on any atom is -0.494 e. The zero-order valence-electron chi connectivity index (χ0n) is 11.3. The minimum atomic E-state index is -4.04. The quantitative estimate of drug-likeness (QED) is 0.832. The number of anilines is 2. The van der Waals surface area contributed by atoms with Gasteiger partial charge in [-0.05, 0) is 49.4 Å². The lowest BCUT2D eigenvalue weighted by molar-refractivity contribution is 0.340. The number of rotatable bonds is 5. The van der Waals surface area contributed by atoms with E-state index in [1.165, 1.54) is 18.2 Å². The second-order valence-corrected chi connectivity index (χ2v) is 5.90. The van der Waals surface area contributed by atoms with Crippen molar-refractivity contribution in [2.24, 2.45) is 0 Å². The number of hydrogen-bond acceptors (Lipinski definition) is 4. The zero-order chi connectivity index (χ0) is 15.5. The number of benzene rings is 2. The van der Waals surface area contributed by atoms with Crippen molar-refractivity contribution < 1.29 is 17.5 Å². The molecular formula is C14H15FN2O3S. The molecule has 7 heteroatoms. The Morgan fingerprint density at radius 1 is 1.19 bits per heavy atom. The first-order valence-corrected chi connectivity index (χ1v) is 7.71. The van der Waals surface area contributed by atoms with Gasteiger partial charge in [0.25, 0.3) is 10.0 Å². The summed E-state index contributed by atoms with van der Waals surface area (Å²) in [6.07, 6.45) is 0. The van der Waals surface area contributed by atoms with Gasteiger partial charge >= 0.3 is 0 Å². The highest BCUT2D eigenvalue weighted by Crippen LogP contribution is 2.22. The van der Waals surface area contributed by atoms with Crippen molar-refractivity contribution in [3.63, 3.8) is 0 Å². The molecule has 0 bridgehead atoms. The molecule has 0 aliphatic rings. The second kappa shape index (κ2) is 6.01. The standard InChI is InChI=1S/C14H15FN2O3S/c1-2-20-12-6-4-11(5-7-12)17-21(18,19)14-9-10(16)3-8-13(14)15/h3-9,17H,2,16H2,1H3. The van der Waals surface area contributed by atoms with Crippen LogP contribution in [0.15, 0.2) is 47.4 Å². The lowest BCUT2D eigenvalue weighted by Crippen LogP contribution is -2.15. The van der Waals surface area contributed by atoms with Crippen molar-refractivity contribution in [2.75, 3.05) is 17.1 Å². The number of sulfonamides is 1. The molecule has 112 valence electrons. The van der Waals surface area contributed by atoms with Crippen LogP contribution in [0.2, 0.25) is 0 Å². The van der Waals surface area contributed by atoms with Gasteiger partial charge in [0.05, 0.1) is 6.61 Å². The molecule has 0 amide bonds. The van der Waals surface area contributed by atoms with Crippen LogP contribution in [0.4, 0.5) is 15.8 Å². The van der Waals surface area contributed by atoms with Crippen LogP contribution in [0.5, 0.6) is 5.75 Å². The Kier molecular flexibility index (Phi) is 4.32. The van der Waals surface area contributed by atoms with Crippen molar-refractivity contribution in [3.05, 3.63) is 48.3 Å². The number of ether oxygens (including phenoxy) is 1. The number of nitrogens with two attached hydrogens (primary N) is 1. The lowest BCUT2D eigenvalue weighted by Gasteiger charge is -2.10. The summed E-state index contributed by atoms with van der Waals surface area (Å²) in [6, 6.07) is 9.70. The third-order valence-electron chi connectivity index (χ3n) is 2.66. The SMILES string of the molecule is CCOc1ccc(NS(=O)(=O)c2cc(N)ccc2F)cc1. The summed E-state index contributed by atoms with van der Waals surface area (Å²) in [5.41, 5.74) is 5.97. The molecule has 0 aliphatic heterocycles. The summed E-state index contributed by atoms with van der Waals surface area (Å²) >= 11 is 0. The summed E-state index contributed by atoms with van der Waals surface area (Å²) < 4.78 is 45.5. The molecule has 0 radical (unpaired) electrons. The van der Waals surface area contributed by atoms with Gasteiger partial charge in [-0.1, -0.05) is 0 Å². The van der Waals surface area contributed by atoms with Crippen LogP contribution in [-0.4, -0.2) is 15.0 Å². The Hall–Kier alpha value is -2.28. The molecule has 0 spiro atoms. The van der Waals surface area contributed by atoms with E-state index in [2.05, 4.69) is 4.72 Å². The highest BCUT2D eigenvalue weighted by molar-refractivity contribution is 7.92. The first kappa shape index (κ1) is 15.1. The lowest BCUT2D eigenvalue weighted by atomic mass is 10.3. The Bertz CT molecular complexity index is 730. The molecule has 21 heavy (non-hydrogen) atoms. The largest absolute Gasteiger partial charge is 0.494 e. The molecule has 2 aromatic rings. The van der Waals surface area contributed by atoms with Gasteiger partial charge in [0.2, 0.25) is 0 Å². The van der Waals surface area contributed by atoms with E-state index >= 15 is 0 Å². The van der Waals surface area contributed by atoms with E-state index in [1.807, 2.05) is 6.92 Å². The smallest absolute Gasteiger partial charge is 0.264 e. The molecule has 0 unspecified atom stereocenters. The van der Waals surface area contributed by atoms with Gasteiger partial charge in [-0.15, -0.1) is 0 Å². The van der Waals surface area contributed by atoms with Crippen LogP contribution in [0.25, 0.3) is 0 Å². The maximum atomic E-state index is 13.6. The van der Waals surface area contributed by atoms with Crippen molar-refractivity contribution in [1.29, 1.82) is 0 Å². The van der Waals surface area contributed by atoms with E-state index in [0.29, 0.717) is 18.0 Å². The average Bonchev–Trinajstić information content (AvgIpc) is 2.43. The van der Waals surface area contributed by atoms with E-state index in [-0.39, 0.29) is 5.69 Å². The van der Waals surface area contributed by atoms with E-state index in [9.17, 15) is 12.8 Å². The predicted octanol–water partition coefficient (Wildman–Crippen LogP) is 2.61. The molecule has 0 aliphatic carbocycles. The maximum absolute atomic E-state index is 13.6. The monoisotopic (exact) mass is 310 g/mol. The van der Waals surface area contributed by atoms with E-state index in [1.54, 1.807) is 12.1 Å². The van der Waals surface area contributed by atoms with Gasteiger partial charge in [0, 0.05) is 11.4 Å². The number of hydrogen-bond donors (Lipinski definition) is 2. The first-order chi connectivity index (χ1) is 9.92. The van der Waals surface area contributed by atoms with Crippen molar-refractivity contribution in [1.82, 2.24) is 0 Å². The molecule has 0 fully saturated rings. The van der Waals surface area contributed by atoms with Crippen LogP contribution in [0.1, 0.15) is 6.92 Å². The highest BCUT2D eigenvalue weighted by atomic mass is 32.2. The molecular weight excluding hydrogens is 295 g/mol. The zero-order valence-corrected chi connectivity index (χ0v) is 12.2. The van der Waals surface area contributed by atoms with Gasteiger partial charge in [-0.3, -0.25) is 4.72 Å². The maximum Gasteiger partial charge on any atom is 0.264 e. The molecule has 2 aromatic carbocycles. The summed E-state index contributed by atoms with van der Waals surface area (Å²) in [5, 5.41) is 0. The Morgan fingerprint density at radius 3 is 2.48 bits per heavy atom. The topological polar surface area (TPSA) is 81.4 Å². The predicted molar refractivity (Wildman–Crippen MR) is 79.2 cm³/mol. The Labute approximate surface area is 122 Å². The van der Waals surface area contributed by atoms with Crippen molar-refractivity contribution in [3.8, 4) is 5.75 Å². The summed E-state index contributed by atoms with van der Waals surface area (Å²) in [7, 11) is -4.04. The summed E-state index contributed by atoms with van der Waals surface area (Å²) in [4.78, 5) is -0.489. The number of nitrogen functional groups attached to an aromatic ring is 1. The summed E-state index contributed by atoms with van der Waals surface area (Å²) in [6.45, 7) is 2.36. The van der Waals surface area contributed by atoms with Crippen molar-refractivity contribution in [2.45, 2.75) is 11.8 Å². The van der Waals surface area contributed by atoms with Gasteiger partial charge in [0.15, 0.2) is 0 Å². The van der Waals surface area contributed by atoms with Crippen LogP contribution in [-0.2, 0) is 10.0 Å². The first-order valence-electron chi connectivity index (χ1n) is 6.23. The summed E-state index contributed by atoms with van der Waals surface area (Å²) in [5.74, 6) is -0.238. The van der Waals surface area contributed by atoms with E-state index in [0.717, 1.165) is 12.1 Å². The number of nitrogens with one attached hydrogen (secondary N) is 1. The number of halogens is 1. The molecule has 0 atom stereocenters. The second-order valence-electron chi connectivity index (χ2n) is 4.25. The van der Waals surface area contributed by atoms with Gasteiger partial charge < -0.3 is 10.5 Å². The molecule has 0 saturated carbocycles. The minimum absolute atomic E-state index is 0.170.